The Balaban J connectivity index is 3.35. The Hall–Kier alpha value is 0.0800. The van der Waals surface area contributed by atoms with Gasteiger partial charge >= 0.3 is 0 Å². The summed E-state index contributed by atoms with van der Waals surface area (Å²) in [6, 6.07) is 5.46. The van der Waals surface area contributed by atoms with Crippen molar-refractivity contribution in [2.45, 2.75) is 0 Å². The highest BCUT2D eigenvalue weighted by molar-refractivity contribution is 14.2. The van der Waals surface area contributed by atoms with E-state index in [0.717, 1.165) is 7.14 Å². The fourth-order valence-electron chi connectivity index (χ4n) is 0.652. The van der Waals surface area contributed by atoms with Crippen molar-refractivity contribution in [1.82, 2.24) is 0 Å². The SMILES string of the molecule is N=Ic1cccc(I)c1N=O. The molecule has 1 aromatic rings. The summed E-state index contributed by atoms with van der Waals surface area (Å²) in [7, 11) is 0. The highest BCUT2D eigenvalue weighted by Gasteiger charge is 2.03. The lowest BCUT2D eigenvalue weighted by atomic mass is 10.3. The van der Waals surface area contributed by atoms with Gasteiger partial charge in [0, 0.05) is 24.6 Å². The number of nitrogens with zero attached hydrogens (tertiary/aromatic N) is 1. The smallest absolute Gasteiger partial charge is 0.135 e. The first-order valence-corrected chi connectivity index (χ1v) is 5.95. The van der Waals surface area contributed by atoms with Crippen LogP contribution in [-0.2, 0) is 0 Å². The summed E-state index contributed by atoms with van der Waals surface area (Å²) in [5.41, 5.74) is 0.455. The van der Waals surface area contributed by atoms with Gasteiger partial charge in [0.15, 0.2) is 0 Å². The number of benzene rings is 1. The Kier molecular flexibility index (Phi) is 3.49. The van der Waals surface area contributed by atoms with Crippen LogP contribution in [0.4, 0.5) is 5.69 Å². The Morgan fingerprint density at radius 3 is 2.73 bits per heavy atom. The molecular formula is C6H4I2N2O. The molecule has 0 bridgehead atoms. The molecule has 0 aliphatic heterocycles. The molecular weight excluding hydrogens is 370 g/mol. The lowest BCUT2D eigenvalue weighted by Gasteiger charge is -1.96. The minimum absolute atomic E-state index is 0.455. The average Bonchev–Trinajstić information content (AvgIpc) is 2.04. The molecule has 1 N–H and O–H groups in total. The van der Waals surface area contributed by atoms with Crippen molar-refractivity contribution in [2.24, 2.45) is 5.18 Å². The zero-order chi connectivity index (χ0) is 8.27. The molecule has 58 valence electrons. The van der Waals surface area contributed by atoms with Crippen LogP contribution in [0.2, 0.25) is 0 Å². The van der Waals surface area contributed by atoms with Crippen molar-refractivity contribution in [3.63, 3.8) is 0 Å². The number of hydrogen-bond donors (Lipinski definition) is 1. The highest BCUT2D eigenvalue weighted by atomic mass is 127. The predicted octanol–water partition coefficient (Wildman–Crippen LogP) is 3.59. The number of rotatable bonds is 2. The second-order valence-corrected chi connectivity index (χ2v) is 4.62. The van der Waals surface area contributed by atoms with Gasteiger partial charge in [0.05, 0.1) is 3.57 Å². The Labute approximate surface area is 87.6 Å². The number of nitroso groups, excluding NO2 is 1. The van der Waals surface area contributed by atoms with Crippen molar-refractivity contribution in [3.05, 3.63) is 30.2 Å². The minimum Gasteiger partial charge on any atom is -0.274 e. The maximum Gasteiger partial charge on any atom is 0.135 e. The molecule has 0 atom stereocenters. The van der Waals surface area contributed by atoms with E-state index in [1.54, 1.807) is 6.07 Å². The van der Waals surface area contributed by atoms with E-state index in [9.17, 15) is 4.91 Å². The Morgan fingerprint density at radius 1 is 1.55 bits per heavy atom. The van der Waals surface area contributed by atoms with Gasteiger partial charge in [0.1, 0.15) is 5.69 Å². The van der Waals surface area contributed by atoms with Crippen LogP contribution in [0.5, 0.6) is 0 Å². The van der Waals surface area contributed by atoms with Crippen LogP contribution in [0.3, 0.4) is 0 Å². The van der Waals surface area contributed by atoms with E-state index < -0.39 is 21.0 Å². The largest absolute Gasteiger partial charge is 0.274 e. The van der Waals surface area contributed by atoms with Crippen LogP contribution in [0.1, 0.15) is 0 Å². The summed E-state index contributed by atoms with van der Waals surface area (Å²) in [6.45, 7) is 0. The van der Waals surface area contributed by atoms with Gasteiger partial charge in [-0.15, -0.1) is 4.91 Å². The first-order chi connectivity index (χ1) is 5.29. The molecule has 1 aromatic carbocycles. The van der Waals surface area contributed by atoms with Gasteiger partial charge in [-0.3, -0.25) is 3.56 Å². The average molecular weight is 374 g/mol. The third-order valence-corrected chi connectivity index (χ3v) is 3.45. The van der Waals surface area contributed by atoms with Crippen molar-refractivity contribution >= 4 is 49.3 Å². The van der Waals surface area contributed by atoms with Crippen LogP contribution in [0, 0.1) is 15.6 Å². The number of hydrogen-bond acceptors (Lipinski definition) is 3. The molecule has 0 saturated heterocycles. The normalized spacial score (nSPS) is 9.55. The molecule has 11 heavy (non-hydrogen) atoms. The Bertz CT molecular complexity index is 301. The van der Waals surface area contributed by atoms with E-state index in [0.29, 0.717) is 5.69 Å². The van der Waals surface area contributed by atoms with Gasteiger partial charge in [0.25, 0.3) is 0 Å². The summed E-state index contributed by atoms with van der Waals surface area (Å²) in [6.07, 6.45) is 0. The fourth-order valence-corrected chi connectivity index (χ4v) is 2.80. The van der Waals surface area contributed by atoms with E-state index in [1.165, 1.54) is 0 Å². The molecule has 0 aromatic heterocycles. The van der Waals surface area contributed by atoms with Crippen LogP contribution < -0.4 is 0 Å². The molecule has 0 radical (unpaired) electrons. The summed E-state index contributed by atoms with van der Waals surface area (Å²) >= 11 is 1.27. The van der Waals surface area contributed by atoms with E-state index in [-0.39, 0.29) is 0 Å². The molecule has 0 unspecified atom stereocenters. The second kappa shape index (κ2) is 4.19. The highest BCUT2D eigenvalue weighted by Crippen LogP contribution is 2.28. The topological polar surface area (TPSA) is 53.3 Å². The molecule has 1 rings (SSSR count). The first kappa shape index (κ1) is 9.17. The van der Waals surface area contributed by atoms with Gasteiger partial charge in [-0.1, -0.05) is 6.07 Å². The van der Waals surface area contributed by atoms with Crippen LogP contribution in [0.15, 0.2) is 23.4 Å². The summed E-state index contributed by atoms with van der Waals surface area (Å²) < 4.78 is 8.82. The molecule has 3 nitrogen and oxygen atoms in total. The quantitative estimate of drug-likeness (QED) is 0.625. The van der Waals surface area contributed by atoms with Gasteiger partial charge in [-0.25, -0.2) is 0 Å². The van der Waals surface area contributed by atoms with E-state index in [2.05, 4.69) is 5.18 Å². The van der Waals surface area contributed by atoms with Gasteiger partial charge in [-0.2, -0.15) is 0 Å². The summed E-state index contributed by atoms with van der Waals surface area (Å²) in [4.78, 5) is 10.3. The van der Waals surface area contributed by atoms with Gasteiger partial charge in [-0.05, 0) is 39.9 Å². The van der Waals surface area contributed by atoms with E-state index >= 15 is 0 Å². The number of halogens is 2. The second-order valence-electron chi connectivity index (χ2n) is 1.76. The standard InChI is InChI=1S/C6H4I2N2O/c7-4-2-1-3-5(8-9)6(4)10-11/h1-3,9H. The maximum absolute atomic E-state index is 10.3. The predicted molar refractivity (Wildman–Crippen MR) is 60.1 cm³/mol. The first-order valence-electron chi connectivity index (χ1n) is 2.72. The molecule has 0 aliphatic rings. The molecule has 0 aliphatic carbocycles. The third-order valence-electron chi connectivity index (χ3n) is 1.13. The minimum atomic E-state index is -0.784. The van der Waals surface area contributed by atoms with Crippen molar-refractivity contribution in [3.8, 4) is 0 Å². The third kappa shape index (κ3) is 2.01. The van der Waals surface area contributed by atoms with Gasteiger partial charge < -0.3 is 0 Å². The van der Waals surface area contributed by atoms with E-state index in [1.807, 2.05) is 34.7 Å². The molecule has 5 heteroatoms. The fraction of sp³-hybridized carbons (Fsp3) is 0. The maximum atomic E-state index is 10.3. The monoisotopic (exact) mass is 374 g/mol. The van der Waals surface area contributed by atoms with Gasteiger partial charge in [0.2, 0.25) is 0 Å². The molecule has 0 spiro atoms. The van der Waals surface area contributed by atoms with Crippen LogP contribution in [-0.4, -0.2) is 0 Å². The van der Waals surface area contributed by atoms with Crippen molar-refractivity contribution < 1.29 is 0 Å². The lowest BCUT2D eigenvalue weighted by molar-refractivity contribution is 1.43. The van der Waals surface area contributed by atoms with E-state index in [4.69, 9.17) is 3.56 Å². The van der Waals surface area contributed by atoms with Crippen LogP contribution in [0.25, 0.3) is 0 Å². The zero-order valence-electron chi connectivity index (χ0n) is 5.34. The molecule has 0 heterocycles. The molecule has 0 fully saturated rings. The van der Waals surface area contributed by atoms with Crippen molar-refractivity contribution in [2.75, 3.05) is 0 Å². The van der Waals surface area contributed by atoms with Crippen LogP contribution >= 0.6 is 43.6 Å². The number of nitrogens with one attached hydrogen (secondary N) is 1. The Morgan fingerprint density at radius 2 is 2.27 bits per heavy atom. The zero-order valence-corrected chi connectivity index (χ0v) is 9.66. The molecule has 0 saturated carbocycles. The van der Waals surface area contributed by atoms with Crippen molar-refractivity contribution in [1.29, 1.82) is 3.56 Å². The lowest BCUT2D eigenvalue weighted by Crippen LogP contribution is -1.76. The summed E-state index contributed by atoms with van der Waals surface area (Å²) in [5, 5.41) is 2.89. The summed E-state index contributed by atoms with van der Waals surface area (Å²) in [5.74, 6) is 0. The molecule has 0 amide bonds.